The SMILES string of the molecule is Cc1c(C)c(C)c(C(=O)OCC(=O)Nc2ccccc2OC(F)F)c(C)c1C. The van der Waals surface area contributed by atoms with Gasteiger partial charge in [0.2, 0.25) is 0 Å². The van der Waals surface area contributed by atoms with E-state index in [1.807, 2.05) is 34.6 Å². The van der Waals surface area contributed by atoms with Gasteiger partial charge in [0.05, 0.1) is 11.3 Å². The highest BCUT2D eigenvalue weighted by molar-refractivity contribution is 5.98. The van der Waals surface area contributed by atoms with Crippen molar-refractivity contribution in [2.24, 2.45) is 0 Å². The number of benzene rings is 2. The summed E-state index contributed by atoms with van der Waals surface area (Å²) < 4.78 is 34.4. The molecule has 2 rings (SSSR count). The molecule has 0 aliphatic heterocycles. The monoisotopic (exact) mass is 391 g/mol. The number of alkyl halides is 2. The van der Waals surface area contributed by atoms with Gasteiger partial charge in [-0.1, -0.05) is 12.1 Å². The minimum atomic E-state index is -3.02. The van der Waals surface area contributed by atoms with E-state index in [1.165, 1.54) is 18.2 Å². The van der Waals surface area contributed by atoms with E-state index in [2.05, 4.69) is 10.1 Å². The number of hydrogen-bond acceptors (Lipinski definition) is 4. The highest BCUT2D eigenvalue weighted by Gasteiger charge is 2.20. The van der Waals surface area contributed by atoms with Crippen molar-refractivity contribution in [1.82, 2.24) is 0 Å². The molecule has 5 nitrogen and oxygen atoms in total. The summed E-state index contributed by atoms with van der Waals surface area (Å²) in [5, 5.41) is 2.41. The van der Waals surface area contributed by atoms with Gasteiger partial charge in [0.25, 0.3) is 5.91 Å². The van der Waals surface area contributed by atoms with Crippen molar-refractivity contribution in [3.63, 3.8) is 0 Å². The van der Waals surface area contributed by atoms with Crippen LogP contribution in [0.15, 0.2) is 24.3 Å². The van der Waals surface area contributed by atoms with Gasteiger partial charge in [0, 0.05) is 0 Å². The number of carbonyl (C=O) groups is 2. The van der Waals surface area contributed by atoms with Gasteiger partial charge < -0.3 is 14.8 Å². The lowest BCUT2D eigenvalue weighted by Gasteiger charge is -2.17. The highest BCUT2D eigenvalue weighted by Crippen LogP contribution is 2.27. The molecule has 0 unspecified atom stereocenters. The molecule has 0 atom stereocenters. The fourth-order valence-electron chi connectivity index (χ4n) is 2.96. The van der Waals surface area contributed by atoms with Gasteiger partial charge in [-0.2, -0.15) is 8.78 Å². The van der Waals surface area contributed by atoms with Crippen LogP contribution in [0.1, 0.15) is 38.2 Å². The lowest BCUT2D eigenvalue weighted by Crippen LogP contribution is -2.22. The first-order chi connectivity index (χ1) is 13.1. The number of halogens is 2. The van der Waals surface area contributed by atoms with Crippen molar-refractivity contribution in [2.45, 2.75) is 41.2 Å². The molecule has 0 fully saturated rings. The predicted octanol–water partition coefficient (Wildman–Crippen LogP) is 4.63. The molecule has 0 heterocycles. The average Bonchev–Trinajstić information content (AvgIpc) is 2.64. The Labute approximate surface area is 162 Å². The molecular formula is C21H23F2NO4. The first-order valence-corrected chi connectivity index (χ1v) is 8.71. The van der Waals surface area contributed by atoms with E-state index in [0.717, 1.165) is 27.8 Å². The number of hydrogen-bond donors (Lipinski definition) is 1. The van der Waals surface area contributed by atoms with E-state index >= 15 is 0 Å². The maximum Gasteiger partial charge on any atom is 0.387 e. The zero-order valence-corrected chi connectivity index (χ0v) is 16.5. The van der Waals surface area contributed by atoms with Gasteiger partial charge in [-0.05, 0) is 74.6 Å². The molecule has 1 N–H and O–H groups in total. The second kappa shape index (κ2) is 8.82. The van der Waals surface area contributed by atoms with Gasteiger partial charge in [0.15, 0.2) is 6.61 Å². The number of amides is 1. The summed E-state index contributed by atoms with van der Waals surface area (Å²) in [7, 11) is 0. The van der Waals surface area contributed by atoms with Gasteiger partial charge in [-0.15, -0.1) is 0 Å². The normalized spacial score (nSPS) is 10.7. The van der Waals surface area contributed by atoms with Crippen LogP contribution < -0.4 is 10.1 Å². The largest absolute Gasteiger partial charge is 0.452 e. The number of carbonyl (C=O) groups excluding carboxylic acids is 2. The minimum Gasteiger partial charge on any atom is -0.452 e. The first-order valence-electron chi connectivity index (χ1n) is 8.71. The van der Waals surface area contributed by atoms with Crippen LogP contribution in [0.25, 0.3) is 0 Å². The molecule has 0 aromatic heterocycles. The summed E-state index contributed by atoms with van der Waals surface area (Å²) in [6, 6.07) is 5.78. The van der Waals surface area contributed by atoms with Gasteiger partial charge in [-0.25, -0.2) is 4.79 Å². The standard InChI is InChI=1S/C21H23F2NO4/c1-11-12(2)14(4)19(15(5)13(11)3)20(26)27-10-18(25)24-16-8-6-7-9-17(16)28-21(22)23/h6-9,21H,10H2,1-5H3,(H,24,25). The van der Waals surface area contributed by atoms with Crippen LogP contribution in [-0.2, 0) is 9.53 Å². The van der Waals surface area contributed by atoms with Crippen molar-refractivity contribution < 1.29 is 27.8 Å². The maximum absolute atomic E-state index is 12.5. The fraction of sp³-hybridized carbons (Fsp3) is 0.333. The van der Waals surface area contributed by atoms with E-state index in [0.29, 0.717) is 5.56 Å². The number of esters is 1. The third-order valence-electron chi connectivity index (χ3n) is 4.92. The molecule has 0 aliphatic rings. The van der Waals surface area contributed by atoms with E-state index in [-0.39, 0.29) is 11.4 Å². The number of rotatable bonds is 6. The van der Waals surface area contributed by atoms with E-state index in [1.54, 1.807) is 6.07 Å². The fourth-order valence-corrected chi connectivity index (χ4v) is 2.96. The highest BCUT2D eigenvalue weighted by atomic mass is 19.3. The van der Waals surface area contributed by atoms with E-state index in [4.69, 9.17) is 4.74 Å². The predicted molar refractivity (Wildman–Crippen MR) is 102 cm³/mol. The van der Waals surface area contributed by atoms with E-state index < -0.39 is 25.1 Å². The second-order valence-electron chi connectivity index (χ2n) is 6.50. The van der Waals surface area contributed by atoms with Crippen molar-refractivity contribution in [3.8, 4) is 5.75 Å². The lowest BCUT2D eigenvalue weighted by molar-refractivity contribution is -0.119. The van der Waals surface area contributed by atoms with Crippen LogP contribution in [-0.4, -0.2) is 25.1 Å². The Morgan fingerprint density at radius 2 is 1.46 bits per heavy atom. The van der Waals surface area contributed by atoms with Gasteiger partial charge >= 0.3 is 12.6 Å². The quantitative estimate of drug-likeness (QED) is 0.730. The molecule has 0 bridgehead atoms. The second-order valence-corrected chi connectivity index (χ2v) is 6.50. The van der Waals surface area contributed by atoms with Gasteiger partial charge in [-0.3, -0.25) is 4.79 Å². The molecule has 0 saturated heterocycles. The molecule has 0 saturated carbocycles. The summed E-state index contributed by atoms with van der Waals surface area (Å²) in [5.41, 5.74) is 5.23. The van der Waals surface area contributed by atoms with Crippen LogP contribution in [0.2, 0.25) is 0 Å². The van der Waals surface area contributed by atoms with Crippen molar-refractivity contribution in [2.75, 3.05) is 11.9 Å². The molecule has 7 heteroatoms. The summed E-state index contributed by atoms with van der Waals surface area (Å²) in [5.74, 6) is -1.43. The zero-order valence-electron chi connectivity index (χ0n) is 16.5. The van der Waals surface area contributed by atoms with Crippen molar-refractivity contribution in [3.05, 3.63) is 57.6 Å². The topological polar surface area (TPSA) is 64.6 Å². The molecule has 0 spiro atoms. The third kappa shape index (κ3) is 4.65. The number of nitrogens with one attached hydrogen (secondary N) is 1. The Kier molecular flexibility index (Phi) is 6.72. The van der Waals surface area contributed by atoms with Crippen LogP contribution in [0.3, 0.4) is 0 Å². The Morgan fingerprint density at radius 1 is 0.929 bits per heavy atom. The number of para-hydroxylation sites is 2. The van der Waals surface area contributed by atoms with Crippen LogP contribution in [0.5, 0.6) is 5.75 Å². The minimum absolute atomic E-state index is 0.0678. The molecule has 0 aliphatic carbocycles. The Hall–Kier alpha value is -2.96. The molecule has 28 heavy (non-hydrogen) atoms. The Morgan fingerprint density at radius 3 is 2.04 bits per heavy atom. The van der Waals surface area contributed by atoms with E-state index in [9.17, 15) is 18.4 Å². The average molecular weight is 391 g/mol. The van der Waals surface area contributed by atoms with Crippen LogP contribution in [0.4, 0.5) is 14.5 Å². The summed E-state index contributed by atoms with van der Waals surface area (Å²) in [6.45, 7) is 5.96. The molecule has 2 aromatic rings. The smallest absolute Gasteiger partial charge is 0.387 e. The van der Waals surface area contributed by atoms with Crippen LogP contribution in [0, 0.1) is 34.6 Å². The number of ether oxygens (including phenoxy) is 2. The summed E-state index contributed by atoms with van der Waals surface area (Å²) in [4.78, 5) is 24.7. The number of anilines is 1. The van der Waals surface area contributed by atoms with Crippen molar-refractivity contribution in [1.29, 1.82) is 0 Å². The summed E-state index contributed by atoms with van der Waals surface area (Å²) >= 11 is 0. The van der Waals surface area contributed by atoms with Crippen LogP contribution >= 0.6 is 0 Å². The molecular weight excluding hydrogens is 368 g/mol. The molecule has 2 aromatic carbocycles. The third-order valence-corrected chi connectivity index (χ3v) is 4.92. The van der Waals surface area contributed by atoms with Gasteiger partial charge in [0.1, 0.15) is 5.75 Å². The molecule has 0 radical (unpaired) electrons. The Balaban J connectivity index is 2.10. The molecule has 150 valence electrons. The van der Waals surface area contributed by atoms with Crippen molar-refractivity contribution >= 4 is 17.6 Å². The molecule has 1 amide bonds. The Bertz CT molecular complexity index is 881. The first kappa shape index (κ1) is 21.3. The lowest BCUT2D eigenvalue weighted by atomic mass is 9.90. The zero-order chi connectivity index (χ0) is 21.0. The summed E-state index contributed by atoms with van der Waals surface area (Å²) in [6.07, 6.45) is 0. The maximum atomic E-state index is 12.5.